The summed E-state index contributed by atoms with van der Waals surface area (Å²) in [5, 5.41) is 9.15. The SMILES string of the molecule is C[C@]12CCCCC1CC[C@H]1[C@@H]3CC[C@@H](CCC(=O)O)[C@@]3(CN)CC[C@@H]12. The van der Waals surface area contributed by atoms with Crippen molar-refractivity contribution >= 4 is 5.97 Å². The average Bonchev–Trinajstić information content (AvgIpc) is 2.98. The molecule has 0 radical (unpaired) electrons. The summed E-state index contributed by atoms with van der Waals surface area (Å²) in [4.78, 5) is 11.1. The van der Waals surface area contributed by atoms with Crippen molar-refractivity contribution in [3.8, 4) is 0 Å². The summed E-state index contributed by atoms with van der Waals surface area (Å²) in [5.41, 5.74) is 7.26. The zero-order chi connectivity index (χ0) is 17.7. The van der Waals surface area contributed by atoms with E-state index in [2.05, 4.69) is 6.92 Å². The summed E-state index contributed by atoms with van der Waals surface area (Å²) >= 11 is 0. The number of carboxylic acid groups (broad SMARTS) is 1. The normalized spacial score (nSPS) is 49.1. The summed E-state index contributed by atoms with van der Waals surface area (Å²) in [7, 11) is 0. The monoisotopic (exact) mass is 347 g/mol. The molecule has 4 aliphatic rings. The van der Waals surface area contributed by atoms with Crippen LogP contribution in [0.3, 0.4) is 0 Å². The summed E-state index contributed by atoms with van der Waals surface area (Å²) in [5.74, 6) is 3.43. The van der Waals surface area contributed by atoms with Crippen LogP contribution in [0.15, 0.2) is 0 Å². The maximum atomic E-state index is 11.1. The summed E-state index contributed by atoms with van der Waals surface area (Å²) in [6.07, 6.45) is 15.0. The lowest BCUT2D eigenvalue weighted by Gasteiger charge is -2.61. The molecule has 4 rings (SSSR count). The lowest BCUT2D eigenvalue weighted by atomic mass is 9.44. The van der Waals surface area contributed by atoms with Crippen LogP contribution >= 0.6 is 0 Å². The van der Waals surface area contributed by atoms with E-state index in [9.17, 15) is 4.79 Å². The second-order valence-corrected chi connectivity index (χ2v) is 10.1. The number of carbonyl (C=O) groups is 1. The maximum Gasteiger partial charge on any atom is 0.303 e. The van der Waals surface area contributed by atoms with Gasteiger partial charge in [-0.15, -0.1) is 0 Å². The first-order valence-corrected chi connectivity index (χ1v) is 10.9. The Morgan fingerprint density at radius 1 is 1.04 bits per heavy atom. The maximum absolute atomic E-state index is 11.1. The van der Waals surface area contributed by atoms with Gasteiger partial charge in [-0.25, -0.2) is 0 Å². The number of rotatable bonds is 4. The minimum atomic E-state index is -0.639. The first-order valence-electron chi connectivity index (χ1n) is 10.9. The van der Waals surface area contributed by atoms with Crippen molar-refractivity contribution < 1.29 is 9.90 Å². The van der Waals surface area contributed by atoms with Gasteiger partial charge in [0.15, 0.2) is 0 Å². The highest BCUT2D eigenvalue weighted by atomic mass is 16.4. The first-order chi connectivity index (χ1) is 12.0. The van der Waals surface area contributed by atoms with Crippen molar-refractivity contribution in [1.82, 2.24) is 0 Å². The van der Waals surface area contributed by atoms with Gasteiger partial charge in [-0.2, -0.15) is 0 Å². The number of hydrogen-bond acceptors (Lipinski definition) is 2. The third-order valence-electron chi connectivity index (χ3n) is 9.56. The van der Waals surface area contributed by atoms with Gasteiger partial charge in [0.25, 0.3) is 0 Å². The molecule has 0 bridgehead atoms. The van der Waals surface area contributed by atoms with Crippen molar-refractivity contribution in [2.75, 3.05) is 6.54 Å². The standard InChI is InChI=1S/C22H37NO2/c1-21-12-3-2-4-15(21)5-8-17-18(21)11-13-22(14-23)16(6-9-19(17)22)7-10-20(24)25/h15-19H,2-14,23H2,1H3,(H,24,25)/t15?,16-,17+,18-,19-,21-,22-/m0/s1. The molecule has 142 valence electrons. The van der Waals surface area contributed by atoms with Crippen LogP contribution in [0.4, 0.5) is 0 Å². The van der Waals surface area contributed by atoms with Crippen LogP contribution in [0.2, 0.25) is 0 Å². The minimum absolute atomic E-state index is 0.258. The third kappa shape index (κ3) is 2.67. The van der Waals surface area contributed by atoms with Crippen molar-refractivity contribution in [2.24, 2.45) is 46.2 Å². The third-order valence-corrected chi connectivity index (χ3v) is 9.56. The predicted molar refractivity (Wildman–Crippen MR) is 100 cm³/mol. The van der Waals surface area contributed by atoms with Gasteiger partial charge in [0.1, 0.15) is 0 Å². The molecule has 3 nitrogen and oxygen atoms in total. The smallest absolute Gasteiger partial charge is 0.303 e. The van der Waals surface area contributed by atoms with Gasteiger partial charge in [0, 0.05) is 6.42 Å². The molecule has 0 spiro atoms. The molecule has 0 aliphatic heterocycles. The van der Waals surface area contributed by atoms with E-state index in [0.29, 0.717) is 17.8 Å². The van der Waals surface area contributed by atoms with E-state index >= 15 is 0 Å². The van der Waals surface area contributed by atoms with Gasteiger partial charge < -0.3 is 10.8 Å². The molecule has 0 aromatic rings. The number of aliphatic carboxylic acids is 1. The highest BCUT2D eigenvalue weighted by Gasteiger charge is 2.60. The van der Waals surface area contributed by atoms with Crippen LogP contribution in [0, 0.1) is 40.4 Å². The molecule has 25 heavy (non-hydrogen) atoms. The average molecular weight is 348 g/mol. The fourth-order valence-electron chi connectivity index (χ4n) is 8.36. The van der Waals surface area contributed by atoms with Crippen LogP contribution in [0.5, 0.6) is 0 Å². The molecule has 4 aliphatic carbocycles. The lowest BCUT2D eigenvalue weighted by molar-refractivity contribution is -0.138. The fraction of sp³-hybridized carbons (Fsp3) is 0.955. The van der Waals surface area contributed by atoms with E-state index in [1.54, 1.807) is 0 Å². The molecule has 0 heterocycles. The van der Waals surface area contributed by atoms with Crippen molar-refractivity contribution in [3.63, 3.8) is 0 Å². The largest absolute Gasteiger partial charge is 0.481 e. The second kappa shape index (κ2) is 6.55. The van der Waals surface area contributed by atoms with Crippen LogP contribution in [0.1, 0.15) is 84.0 Å². The van der Waals surface area contributed by atoms with Crippen molar-refractivity contribution in [1.29, 1.82) is 0 Å². The van der Waals surface area contributed by atoms with Gasteiger partial charge in [0.2, 0.25) is 0 Å². The van der Waals surface area contributed by atoms with E-state index < -0.39 is 5.97 Å². The van der Waals surface area contributed by atoms with Crippen molar-refractivity contribution in [3.05, 3.63) is 0 Å². The topological polar surface area (TPSA) is 63.3 Å². The second-order valence-electron chi connectivity index (χ2n) is 10.1. The minimum Gasteiger partial charge on any atom is -0.481 e. The Labute approximate surface area is 153 Å². The van der Waals surface area contributed by atoms with Gasteiger partial charge >= 0.3 is 5.97 Å². The Bertz CT molecular complexity index is 520. The van der Waals surface area contributed by atoms with Gasteiger partial charge in [-0.3, -0.25) is 4.79 Å². The van der Waals surface area contributed by atoms with Gasteiger partial charge in [-0.05, 0) is 105 Å². The molecular weight excluding hydrogens is 310 g/mol. The van der Waals surface area contributed by atoms with E-state index in [0.717, 1.165) is 36.6 Å². The molecule has 3 N–H and O–H groups in total. The van der Waals surface area contributed by atoms with E-state index in [1.165, 1.54) is 64.2 Å². The number of hydrogen-bond donors (Lipinski definition) is 2. The fourth-order valence-corrected chi connectivity index (χ4v) is 8.36. The summed E-state index contributed by atoms with van der Waals surface area (Å²) in [6, 6.07) is 0. The molecular formula is C22H37NO2. The zero-order valence-electron chi connectivity index (χ0n) is 16.0. The molecule has 1 unspecified atom stereocenters. The Morgan fingerprint density at radius 2 is 1.88 bits per heavy atom. The van der Waals surface area contributed by atoms with E-state index in [4.69, 9.17) is 10.8 Å². The summed E-state index contributed by atoms with van der Waals surface area (Å²) in [6.45, 7) is 3.41. The van der Waals surface area contributed by atoms with E-state index in [-0.39, 0.29) is 5.41 Å². The highest BCUT2D eigenvalue weighted by Crippen LogP contribution is 2.67. The molecule has 4 fully saturated rings. The number of fused-ring (bicyclic) bond motifs is 5. The van der Waals surface area contributed by atoms with Gasteiger partial charge in [-0.1, -0.05) is 19.8 Å². The Hall–Kier alpha value is -0.570. The Balaban J connectivity index is 1.57. The van der Waals surface area contributed by atoms with Crippen LogP contribution in [0.25, 0.3) is 0 Å². The molecule has 3 heteroatoms. The lowest BCUT2D eigenvalue weighted by Crippen LogP contribution is -2.55. The molecule has 0 amide bonds. The molecule has 0 aromatic carbocycles. The number of carboxylic acids is 1. The quantitative estimate of drug-likeness (QED) is 0.765. The van der Waals surface area contributed by atoms with Crippen LogP contribution < -0.4 is 5.73 Å². The van der Waals surface area contributed by atoms with Crippen LogP contribution in [-0.4, -0.2) is 17.6 Å². The van der Waals surface area contributed by atoms with E-state index in [1.807, 2.05) is 0 Å². The molecule has 0 saturated heterocycles. The Kier molecular flexibility index (Phi) is 4.67. The zero-order valence-corrected chi connectivity index (χ0v) is 16.0. The molecule has 0 aromatic heterocycles. The number of nitrogens with two attached hydrogens (primary N) is 1. The first kappa shape index (κ1) is 17.8. The van der Waals surface area contributed by atoms with Crippen LogP contribution in [-0.2, 0) is 4.79 Å². The van der Waals surface area contributed by atoms with Gasteiger partial charge in [0.05, 0.1) is 0 Å². The Morgan fingerprint density at radius 3 is 2.64 bits per heavy atom. The molecule has 4 saturated carbocycles. The van der Waals surface area contributed by atoms with Crippen molar-refractivity contribution in [2.45, 2.75) is 84.0 Å². The molecule has 7 atom stereocenters. The summed E-state index contributed by atoms with van der Waals surface area (Å²) < 4.78 is 0. The highest BCUT2D eigenvalue weighted by molar-refractivity contribution is 5.66. The predicted octanol–water partition coefficient (Wildman–Crippen LogP) is 4.84.